The van der Waals surface area contributed by atoms with Gasteiger partial charge in [-0.1, -0.05) is 0 Å². The molecule has 112 valence electrons. The van der Waals surface area contributed by atoms with Crippen LogP contribution in [0.15, 0.2) is 23.6 Å². The average Bonchev–Trinajstić information content (AvgIpc) is 3.00. The lowest BCUT2D eigenvalue weighted by Gasteiger charge is -2.09. The molecule has 8 heteroatoms. The molecule has 1 amide bonds. The van der Waals surface area contributed by atoms with Crippen molar-refractivity contribution in [3.8, 4) is 11.8 Å². The molecular weight excluding hydrogens is 296 g/mol. The molecule has 7 nitrogen and oxygen atoms in total. The van der Waals surface area contributed by atoms with Crippen molar-refractivity contribution in [1.82, 2.24) is 10.0 Å². The predicted molar refractivity (Wildman–Crippen MR) is 75.6 cm³/mol. The Morgan fingerprint density at radius 3 is 2.43 bits per heavy atom. The molecule has 0 aromatic carbocycles. The van der Waals surface area contributed by atoms with Crippen molar-refractivity contribution >= 4 is 23.2 Å². The third kappa shape index (κ3) is 3.16. The second-order valence-corrected chi connectivity index (χ2v) is 5.43. The van der Waals surface area contributed by atoms with Crippen LogP contribution >= 0.6 is 11.3 Å². The van der Waals surface area contributed by atoms with E-state index in [-0.39, 0.29) is 22.4 Å². The highest BCUT2D eigenvalue weighted by atomic mass is 32.1. The summed E-state index contributed by atoms with van der Waals surface area (Å²) in [5, 5.41) is 23.1. The fourth-order valence-corrected chi connectivity index (χ4v) is 2.37. The maximum atomic E-state index is 12.1. The molecule has 2 aromatic heterocycles. The van der Waals surface area contributed by atoms with Gasteiger partial charge in [0.15, 0.2) is 0 Å². The lowest BCUT2D eigenvalue weighted by Crippen LogP contribution is -2.31. The van der Waals surface area contributed by atoms with Crippen LogP contribution in [-0.2, 0) is 0 Å². The van der Waals surface area contributed by atoms with Gasteiger partial charge in [-0.25, -0.2) is 4.79 Å². The number of rotatable bonds is 4. The van der Waals surface area contributed by atoms with Crippen LogP contribution in [0.4, 0.5) is 0 Å². The van der Waals surface area contributed by atoms with Crippen LogP contribution in [0, 0.1) is 0 Å². The van der Waals surface area contributed by atoms with E-state index in [0.29, 0.717) is 4.73 Å². The van der Waals surface area contributed by atoms with E-state index in [1.54, 1.807) is 19.2 Å². The summed E-state index contributed by atoms with van der Waals surface area (Å²) in [4.78, 5) is 29.0. The van der Waals surface area contributed by atoms with E-state index in [0.717, 1.165) is 11.3 Å². The maximum absolute atomic E-state index is 12.1. The summed E-state index contributed by atoms with van der Waals surface area (Å²) in [5.41, 5.74) is 0.185. The normalized spacial score (nSPS) is 10.6. The van der Waals surface area contributed by atoms with Crippen LogP contribution in [0.2, 0.25) is 0 Å². The number of hydrogen-bond acceptors (Lipinski definition) is 6. The second-order valence-electron chi connectivity index (χ2n) is 4.51. The Bertz CT molecular complexity index is 654. The summed E-state index contributed by atoms with van der Waals surface area (Å²) in [5.74, 6) is -2.09. The largest absolute Gasteiger partial charge is 0.492 e. The van der Waals surface area contributed by atoms with E-state index in [1.165, 1.54) is 18.2 Å². The summed E-state index contributed by atoms with van der Waals surface area (Å²) in [6, 6.07) is 3.78. The van der Waals surface area contributed by atoms with E-state index in [2.05, 4.69) is 5.32 Å². The molecule has 2 rings (SSSR count). The van der Waals surface area contributed by atoms with Crippen LogP contribution in [0.5, 0.6) is 11.8 Å². The van der Waals surface area contributed by atoms with Crippen molar-refractivity contribution in [1.29, 1.82) is 0 Å². The molecular formula is C13H14N2O5S. The van der Waals surface area contributed by atoms with Crippen LogP contribution < -0.4 is 10.2 Å². The molecule has 0 bridgehead atoms. The number of hydrogen-bond donors (Lipinski definition) is 3. The number of thiophene rings is 1. The Morgan fingerprint density at radius 2 is 1.86 bits per heavy atom. The standard InChI is InChI=1S/C13H14N2O5S/c1-7(2)14-12(18)8-5-6-21-11(8)13(19)20-15-9(16)3-4-10(15)17/h3-7,16-17H,1-2H3,(H,14,18). The Kier molecular flexibility index (Phi) is 4.18. The van der Waals surface area contributed by atoms with E-state index < -0.39 is 17.7 Å². The van der Waals surface area contributed by atoms with Crippen LogP contribution in [0.3, 0.4) is 0 Å². The molecule has 0 atom stereocenters. The monoisotopic (exact) mass is 310 g/mol. The first-order valence-electron chi connectivity index (χ1n) is 6.11. The van der Waals surface area contributed by atoms with Gasteiger partial charge in [0.25, 0.3) is 5.91 Å². The summed E-state index contributed by atoms with van der Waals surface area (Å²) in [6.45, 7) is 3.61. The van der Waals surface area contributed by atoms with E-state index in [9.17, 15) is 19.8 Å². The fraction of sp³-hybridized carbons (Fsp3) is 0.231. The van der Waals surface area contributed by atoms with Crippen molar-refractivity contribution in [3.05, 3.63) is 34.0 Å². The smallest absolute Gasteiger partial charge is 0.374 e. The molecule has 0 spiro atoms. The van der Waals surface area contributed by atoms with Gasteiger partial charge in [-0.2, -0.15) is 0 Å². The van der Waals surface area contributed by atoms with Gasteiger partial charge in [0.1, 0.15) is 4.88 Å². The zero-order valence-corrected chi connectivity index (χ0v) is 12.2. The first-order chi connectivity index (χ1) is 9.90. The van der Waals surface area contributed by atoms with Crippen molar-refractivity contribution in [2.45, 2.75) is 19.9 Å². The summed E-state index contributed by atoms with van der Waals surface area (Å²) in [7, 11) is 0. The minimum absolute atomic E-state index is 0.0705. The average molecular weight is 310 g/mol. The lowest BCUT2D eigenvalue weighted by atomic mass is 10.2. The molecule has 2 aromatic rings. The third-order valence-electron chi connectivity index (χ3n) is 2.49. The molecule has 0 radical (unpaired) electrons. The molecule has 0 aliphatic rings. The van der Waals surface area contributed by atoms with Crippen LogP contribution in [-0.4, -0.2) is 32.9 Å². The predicted octanol–water partition coefficient (Wildman–Crippen LogP) is 1.37. The molecule has 0 fully saturated rings. The van der Waals surface area contributed by atoms with E-state index in [4.69, 9.17) is 4.84 Å². The number of carbonyl (C=O) groups is 2. The topological polar surface area (TPSA) is 101 Å². The molecule has 0 unspecified atom stereocenters. The lowest BCUT2D eigenvalue weighted by molar-refractivity contribution is 0.0385. The van der Waals surface area contributed by atoms with Gasteiger partial charge >= 0.3 is 5.97 Å². The van der Waals surface area contributed by atoms with Gasteiger partial charge < -0.3 is 20.4 Å². The Morgan fingerprint density at radius 1 is 1.24 bits per heavy atom. The molecule has 0 saturated heterocycles. The summed E-state index contributed by atoms with van der Waals surface area (Å²) < 4.78 is 0.576. The highest BCUT2D eigenvalue weighted by Gasteiger charge is 2.22. The molecule has 21 heavy (non-hydrogen) atoms. The van der Waals surface area contributed by atoms with Crippen molar-refractivity contribution in [2.24, 2.45) is 0 Å². The van der Waals surface area contributed by atoms with Crippen molar-refractivity contribution < 1.29 is 24.6 Å². The highest BCUT2D eigenvalue weighted by molar-refractivity contribution is 7.12. The first kappa shape index (κ1) is 14.9. The summed E-state index contributed by atoms with van der Waals surface area (Å²) in [6.07, 6.45) is 0. The second kappa shape index (κ2) is 5.88. The Balaban J connectivity index is 2.21. The van der Waals surface area contributed by atoms with E-state index >= 15 is 0 Å². The van der Waals surface area contributed by atoms with Crippen molar-refractivity contribution in [2.75, 3.05) is 0 Å². The van der Waals surface area contributed by atoms with Gasteiger partial charge in [-0.15, -0.1) is 16.1 Å². The van der Waals surface area contributed by atoms with Gasteiger partial charge in [0.2, 0.25) is 11.8 Å². The first-order valence-corrected chi connectivity index (χ1v) is 6.98. The quantitative estimate of drug-likeness (QED) is 0.792. The number of nitrogens with zero attached hydrogens (tertiary/aromatic N) is 1. The SMILES string of the molecule is CC(C)NC(=O)c1ccsc1C(=O)On1c(O)ccc1O. The molecule has 3 N–H and O–H groups in total. The Labute approximate surface area is 124 Å². The molecule has 2 heterocycles. The van der Waals surface area contributed by atoms with Gasteiger partial charge in [-0.3, -0.25) is 4.79 Å². The number of aromatic nitrogens is 1. The van der Waals surface area contributed by atoms with Gasteiger partial charge in [0, 0.05) is 18.2 Å². The highest BCUT2D eigenvalue weighted by Crippen LogP contribution is 2.22. The van der Waals surface area contributed by atoms with Crippen LogP contribution in [0.25, 0.3) is 0 Å². The maximum Gasteiger partial charge on any atom is 0.374 e. The minimum Gasteiger partial charge on any atom is -0.492 e. The molecule has 0 aliphatic carbocycles. The van der Waals surface area contributed by atoms with Crippen molar-refractivity contribution in [3.63, 3.8) is 0 Å². The zero-order chi connectivity index (χ0) is 15.6. The number of amides is 1. The van der Waals surface area contributed by atoms with E-state index in [1.807, 2.05) is 0 Å². The third-order valence-corrected chi connectivity index (χ3v) is 3.38. The van der Waals surface area contributed by atoms with Crippen LogP contribution in [0.1, 0.15) is 33.9 Å². The molecule has 0 saturated carbocycles. The van der Waals surface area contributed by atoms with Gasteiger partial charge in [-0.05, 0) is 25.3 Å². The summed E-state index contributed by atoms with van der Waals surface area (Å²) >= 11 is 1.03. The molecule has 0 aliphatic heterocycles. The zero-order valence-electron chi connectivity index (χ0n) is 11.4. The Hall–Kier alpha value is -2.48. The van der Waals surface area contributed by atoms with Gasteiger partial charge in [0.05, 0.1) is 5.56 Å². The number of nitrogens with one attached hydrogen (secondary N) is 1. The minimum atomic E-state index is -0.847. The fourth-order valence-electron chi connectivity index (χ4n) is 1.61. The number of aromatic hydroxyl groups is 2. The number of carbonyl (C=O) groups excluding carboxylic acids is 2.